The van der Waals surface area contributed by atoms with E-state index in [0.29, 0.717) is 41.7 Å². The van der Waals surface area contributed by atoms with E-state index in [2.05, 4.69) is 33.2 Å². The maximum absolute atomic E-state index is 11.8. The van der Waals surface area contributed by atoms with Gasteiger partial charge in [0.2, 0.25) is 5.82 Å². The SMILES string of the molecule is CCOC(=O)CN1CCc2ccc(-c3noc(-c4ccc(OC(C)C)c(C#N)c4)n3)cc2CC1. The summed E-state index contributed by atoms with van der Waals surface area (Å²) in [6, 6.07) is 13.6. The van der Waals surface area contributed by atoms with Gasteiger partial charge in [0.15, 0.2) is 0 Å². The second kappa shape index (κ2) is 10.5. The summed E-state index contributed by atoms with van der Waals surface area (Å²) in [6.45, 7) is 7.96. The lowest BCUT2D eigenvalue weighted by Crippen LogP contribution is -2.33. The van der Waals surface area contributed by atoms with Crippen LogP contribution in [0, 0.1) is 11.3 Å². The van der Waals surface area contributed by atoms with Crippen LogP contribution in [0.15, 0.2) is 40.9 Å². The van der Waals surface area contributed by atoms with Crippen molar-refractivity contribution in [3.8, 4) is 34.7 Å². The molecule has 1 aromatic heterocycles. The Balaban J connectivity index is 1.51. The van der Waals surface area contributed by atoms with Gasteiger partial charge in [0.1, 0.15) is 11.8 Å². The molecule has 0 saturated carbocycles. The predicted molar refractivity (Wildman–Crippen MR) is 126 cm³/mol. The van der Waals surface area contributed by atoms with Gasteiger partial charge < -0.3 is 14.0 Å². The van der Waals surface area contributed by atoms with Crippen molar-refractivity contribution in [2.75, 3.05) is 26.2 Å². The quantitative estimate of drug-likeness (QED) is 0.487. The van der Waals surface area contributed by atoms with Crippen molar-refractivity contribution in [2.24, 2.45) is 0 Å². The third-order valence-electron chi connectivity index (χ3n) is 5.65. The van der Waals surface area contributed by atoms with Gasteiger partial charge in [0, 0.05) is 24.2 Å². The predicted octanol–water partition coefficient (Wildman–Crippen LogP) is 4.03. The van der Waals surface area contributed by atoms with E-state index in [1.165, 1.54) is 11.1 Å². The van der Waals surface area contributed by atoms with Gasteiger partial charge in [0.25, 0.3) is 5.89 Å². The van der Waals surface area contributed by atoms with Crippen molar-refractivity contribution in [3.05, 3.63) is 53.1 Å². The number of hydrogen-bond donors (Lipinski definition) is 0. The van der Waals surface area contributed by atoms with Gasteiger partial charge in [-0.05, 0) is 69.0 Å². The lowest BCUT2D eigenvalue weighted by molar-refractivity contribution is -0.144. The van der Waals surface area contributed by atoms with Crippen LogP contribution in [0.3, 0.4) is 0 Å². The standard InChI is InChI=1S/C26H28N4O4/c1-4-32-24(31)16-30-11-9-18-5-6-20(13-19(18)10-12-30)25-28-26(34-29-25)21-7-8-23(33-17(2)3)22(14-21)15-27/h5-8,13-14,17H,4,9-12,16H2,1-3H3. The normalized spacial score (nSPS) is 13.7. The second-order valence-electron chi connectivity index (χ2n) is 8.48. The van der Waals surface area contributed by atoms with Crippen molar-refractivity contribution in [2.45, 2.75) is 39.7 Å². The van der Waals surface area contributed by atoms with Crippen molar-refractivity contribution in [3.63, 3.8) is 0 Å². The van der Waals surface area contributed by atoms with Crippen LogP contribution in [0.2, 0.25) is 0 Å². The molecule has 0 N–H and O–H groups in total. The number of carbonyl (C=O) groups excluding carboxylic acids is 1. The minimum Gasteiger partial charge on any atom is -0.490 e. The summed E-state index contributed by atoms with van der Waals surface area (Å²) in [5.74, 6) is 1.19. The molecule has 4 rings (SSSR count). The first kappa shape index (κ1) is 23.5. The molecule has 176 valence electrons. The molecule has 0 spiro atoms. The Labute approximate surface area is 199 Å². The lowest BCUT2D eigenvalue weighted by Gasteiger charge is -2.18. The molecule has 0 saturated heterocycles. The number of esters is 1. The summed E-state index contributed by atoms with van der Waals surface area (Å²) >= 11 is 0. The zero-order chi connectivity index (χ0) is 24.1. The van der Waals surface area contributed by atoms with Crippen LogP contribution in [0.4, 0.5) is 0 Å². The van der Waals surface area contributed by atoms with Crippen LogP contribution in [0.1, 0.15) is 37.5 Å². The fraction of sp³-hybridized carbons (Fsp3) is 0.385. The molecule has 3 aromatic rings. The molecule has 1 aliphatic rings. The Morgan fingerprint density at radius 2 is 1.91 bits per heavy atom. The third-order valence-corrected chi connectivity index (χ3v) is 5.65. The number of nitriles is 1. The lowest BCUT2D eigenvalue weighted by atomic mass is 10.00. The molecular formula is C26H28N4O4. The highest BCUT2D eigenvalue weighted by Crippen LogP contribution is 2.29. The van der Waals surface area contributed by atoms with Gasteiger partial charge in [-0.1, -0.05) is 17.3 Å². The molecular weight excluding hydrogens is 432 g/mol. The molecule has 0 atom stereocenters. The molecule has 0 aliphatic carbocycles. The summed E-state index contributed by atoms with van der Waals surface area (Å²) in [4.78, 5) is 18.5. The Kier molecular flexibility index (Phi) is 7.24. The Bertz CT molecular complexity index is 1210. The number of rotatable bonds is 7. The summed E-state index contributed by atoms with van der Waals surface area (Å²) in [6.07, 6.45) is 1.67. The molecule has 8 heteroatoms. The topological polar surface area (TPSA) is 101 Å². The highest BCUT2D eigenvalue weighted by atomic mass is 16.5. The molecule has 34 heavy (non-hydrogen) atoms. The molecule has 8 nitrogen and oxygen atoms in total. The van der Waals surface area contributed by atoms with Crippen LogP contribution in [-0.2, 0) is 22.4 Å². The average molecular weight is 461 g/mol. The Hall–Kier alpha value is -3.70. The first-order valence-corrected chi connectivity index (χ1v) is 11.5. The molecule has 0 radical (unpaired) electrons. The molecule has 0 unspecified atom stereocenters. The summed E-state index contributed by atoms with van der Waals surface area (Å²) < 4.78 is 16.3. The number of benzene rings is 2. The fourth-order valence-electron chi connectivity index (χ4n) is 4.02. The van der Waals surface area contributed by atoms with E-state index in [1.54, 1.807) is 12.1 Å². The van der Waals surface area contributed by atoms with Crippen LogP contribution in [0.5, 0.6) is 5.75 Å². The highest BCUT2D eigenvalue weighted by Gasteiger charge is 2.19. The second-order valence-corrected chi connectivity index (χ2v) is 8.48. The van der Waals surface area contributed by atoms with E-state index in [-0.39, 0.29) is 12.1 Å². The monoisotopic (exact) mass is 460 g/mol. The fourth-order valence-corrected chi connectivity index (χ4v) is 4.02. The summed E-state index contributed by atoms with van der Waals surface area (Å²) in [7, 11) is 0. The van der Waals surface area contributed by atoms with E-state index >= 15 is 0 Å². The first-order chi connectivity index (χ1) is 16.5. The van der Waals surface area contributed by atoms with Gasteiger partial charge >= 0.3 is 5.97 Å². The molecule has 2 heterocycles. The number of nitrogens with zero attached hydrogens (tertiary/aromatic N) is 4. The molecule has 1 aliphatic heterocycles. The largest absolute Gasteiger partial charge is 0.490 e. The van der Waals surface area contributed by atoms with Crippen molar-refractivity contribution in [1.82, 2.24) is 15.0 Å². The molecule has 0 fully saturated rings. The smallest absolute Gasteiger partial charge is 0.320 e. The molecule has 0 bridgehead atoms. The van der Waals surface area contributed by atoms with E-state index in [9.17, 15) is 10.1 Å². The number of aromatic nitrogens is 2. The Morgan fingerprint density at radius 1 is 1.15 bits per heavy atom. The maximum Gasteiger partial charge on any atom is 0.320 e. The first-order valence-electron chi connectivity index (χ1n) is 11.5. The van der Waals surface area contributed by atoms with Crippen LogP contribution in [-0.4, -0.2) is 53.4 Å². The van der Waals surface area contributed by atoms with Gasteiger partial charge in [-0.3, -0.25) is 9.69 Å². The van der Waals surface area contributed by atoms with Crippen LogP contribution in [0.25, 0.3) is 22.8 Å². The zero-order valence-corrected chi connectivity index (χ0v) is 19.7. The van der Waals surface area contributed by atoms with E-state index in [1.807, 2.05) is 32.9 Å². The third kappa shape index (κ3) is 5.43. The maximum atomic E-state index is 11.8. The number of ether oxygens (including phenoxy) is 2. The van der Waals surface area contributed by atoms with Crippen molar-refractivity contribution < 1.29 is 18.8 Å². The van der Waals surface area contributed by atoms with Gasteiger partial charge in [-0.15, -0.1) is 0 Å². The zero-order valence-electron chi connectivity index (χ0n) is 19.7. The minimum absolute atomic E-state index is 0.0293. The van der Waals surface area contributed by atoms with E-state index in [4.69, 9.17) is 14.0 Å². The van der Waals surface area contributed by atoms with E-state index in [0.717, 1.165) is 31.5 Å². The number of hydrogen-bond acceptors (Lipinski definition) is 8. The summed E-state index contributed by atoms with van der Waals surface area (Å²) in [5, 5.41) is 13.7. The Morgan fingerprint density at radius 3 is 2.65 bits per heavy atom. The highest BCUT2D eigenvalue weighted by molar-refractivity contribution is 5.71. The molecule has 0 amide bonds. The van der Waals surface area contributed by atoms with E-state index < -0.39 is 0 Å². The minimum atomic E-state index is -0.183. The van der Waals surface area contributed by atoms with Gasteiger partial charge in [-0.2, -0.15) is 10.2 Å². The van der Waals surface area contributed by atoms with Crippen molar-refractivity contribution in [1.29, 1.82) is 5.26 Å². The summed E-state index contributed by atoms with van der Waals surface area (Å²) in [5.41, 5.74) is 4.43. The van der Waals surface area contributed by atoms with Crippen LogP contribution < -0.4 is 4.74 Å². The number of fused-ring (bicyclic) bond motifs is 1. The molecule has 2 aromatic carbocycles. The van der Waals surface area contributed by atoms with Gasteiger partial charge in [0.05, 0.1) is 24.8 Å². The number of carbonyl (C=O) groups is 1. The van der Waals surface area contributed by atoms with Gasteiger partial charge in [-0.25, -0.2) is 0 Å². The van der Waals surface area contributed by atoms with Crippen molar-refractivity contribution >= 4 is 5.97 Å². The average Bonchev–Trinajstić information content (AvgIpc) is 3.23. The van der Waals surface area contributed by atoms with Crippen LogP contribution >= 0.6 is 0 Å².